The molecule has 1 saturated heterocycles. The predicted octanol–water partition coefficient (Wildman–Crippen LogP) is 3.14. The lowest BCUT2D eigenvalue weighted by atomic mass is 9.91. The minimum Gasteiger partial charge on any atom is -0.493 e. The van der Waals surface area contributed by atoms with Crippen molar-refractivity contribution < 1.29 is 42.8 Å². The molecule has 0 spiro atoms. The summed E-state index contributed by atoms with van der Waals surface area (Å²) in [4.78, 5) is 41.5. The van der Waals surface area contributed by atoms with Gasteiger partial charge in [-0.2, -0.15) is 0 Å². The van der Waals surface area contributed by atoms with E-state index in [9.17, 15) is 14.4 Å². The van der Waals surface area contributed by atoms with Crippen molar-refractivity contribution in [2.75, 3.05) is 33.7 Å². The Balaban J connectivity index is 2.21. The van der Waals surface area contributed by atoms with Gasteiger partial charge in [-0.15, -0.1) is 0 Å². The molecule has 1 fully saturated rings. The SMILES string of the molecule is COc1ccnc(C(=O)N[C@H]2COC[C@H](CCC(C)C)[C@@H](OCC(C)C)[C@H](C)OC2=O)c1OCOC(C)=O. The van der Waals surface area contributed by atoms with Crippen molar-refractivity contribution in [1.29, 1.82) is 0 Å². The molecular weight excluding hydrogens is 496 g/mol. The summed E-state index contributed by atoms with van der Waals surface area (Å²) in [6, 6.07) is 0.405. The quantitative estimate of drug-likeness (QED) is 0.313. The topological polar surface area (TPSA) is 132 Å². The maximum atomic E-state index is 13.2. The lowest BCUT2D eigenvalue weighted by Gasteiger charge is -2.31. The predicted molar refractivity (Wildman–Crippen MR) is 138 cm³/mol. The van der Waals surface area contributed by atoms with E-state index in [4.69, 9.17) is 28.4 Å². The van der Waals surface area contributed by atoms with E-state index in [1.165, 1.54) is 26.3 Å². The molecule has 1 aromatic rings. The van der Waals surface area contributed by atoms with Crippen molar-refractivity contribution in [3.63, 3.8) is 0 Å². The molecule has 1 aliphatic rings. The van der Waals surface area contributed by atoms with Gasteiger partial charge in [0.25, 0.3) is 5.91 Å². The lowest BCUT2D eigenvalue weighted by molar-refractivity contribution is -0.161. The number of hydrogen-bond acceptors (Lipinski definition) is 10. The minimum absolute atomic E-state index is 0.0229. The first-order valence-corrected chi connectivity index (χ1v) is 13.0. The third-order valence-corrected chi connectivity index (χ3v) is 5.94. The Kier molecular flexibility index (Phi) is 12.8. The number of carbonyl (C=O) groups is 3. The molecule has 2 heterocycles. The molecule has 214 valence electrons. The van der Waals surface area contributed by atoms with Crippen LogP contribution in [-0.4, -0.2) is 74.8 Å². The van der Waals surface area contributed by atoms with Crippen molar-refractivity contribution in [2.24, 2.45) is 17.8 Å². The number of nitrogens with one attached hydrogen (secondary N) is 1. The van der Waals surface area contributed by atoms with Crippen LogP contribution in [0.2, 0.25) is 0 Å². The Morgan fingerprint density at radius 2 is 1.92 bits per heavy atom. The van der Waals surface area contributed by atoms with Crippen LogP contribution < -0.4 is 14.8 Å². The fourth-order valence-corrected chi connectivity index (χ4v) is 3.98. The summed E-state index contributed by atoms with van der Waals surface area (Å²) in [5, 5.41) is 2.64. The Morgan fingerprint density at radius 3 is 2.55 bits per heavy atom. The van der Waals surface area contributed by atoms with Crippen LogP contribution in [-0.2, 0) is 28.5 Å². The molecule has 0 radical (unpaired) electrons. The number of aromatic nitrogens is 1. The highest BCUT2D eigenvalue weighted by molar-refractivity contribution is 5.98. The van der Waals surface area contributed by atoms with Crippen LogP contribution in [0.4, 0.5) is 0 Å². The van der Waals surface area contributed by atoms with Gasteiger partial charge in [0.05, 0.1) is 26.4 Å². The molecule has 0 bridgehead atoms. The third-order valence-electron chi connectivity index (χ3n) is 5.94. The molecule has 2 rings (SSSR count). The van der Waals surface area contributed by atoms with E-state index in [2.05, 4.69) is 38.0 Å². The zero-order chi connectivity index (χ0) is 28.2. The summed E-state index contributed by atoms with van der Waals surface area (Å²) in [5.41, 5.74) is -0.148. The number of methoxy groups -OCH3 is 1. The minimum atomic E-state index is -1.09. The van der Waals surface area contributed by atoms with Crippen molar-refractivity contribution in [1.82, 2.24) is 10.3 Å². The van der Waals surface area contributed by atoms with Gasteiger partial charge in [0.15, 0.2) is 23.2 Å². The van der Waals surface area contributed by atoms with Crippen LogP contribution >= 0.6 is 0 Å². The number of amides is 1. The maximum absolute atomic E-state index is 13.2. The Morgan fingerprint density at radius 1 is 1.18 bits per heavy atom. The number of rotatable bonds is 12. The van der Waals surface area contributed by atoms with E-state index in [1.807, 2.05) is 0 Å². The van der Waals surface area contributed by atoms with E-state index in [1.54, 1.807) is 6.92 Å². The largest absolute Gasteiger partial charge is 0.493 e. The summed E-state index contributed by atoms with van der Waals surface area (Å²) in [7, 11) is 1.40. The first kappa shape index (κ1) is 31.3. The fourth-order valence-electron chi connectivity index (χ4n) is 3.98. The van der Waals surface area contributed by atoms with E-state index in [0.29, 0.717) is 25.0 Å². The normalized spacial score (nSPS) is 22.2. The van der Waals surface area contributed by atoms with Crippen LogP contribution in [0, 0.1) is 17.8 Å². The standard InChI is InChI=1S/C27H42N2O9/c1-16(2)8-9-20-13-34-14-21(27(32)38-18(5)24(20)35-12-17(3)4)29-26(31)23-25(37-15-36-19(6)30)22(33-7)10-11-28-23/h10-11,16-18,20-21,24H,8-9,12-15H2,1-7H3,(H,29,31)/t18-,20-,21-,24-/m0/s1. The molecule has 11 nitrogen and oxygen atoms in total. The Bertz CT molecular complexity index is 922. The van der Waals surface area contributed by atoms with Crippen molar-refractivity contribution in [3.8, 4) is 11.5 Å². The van der Waals surface area contributed by atoms with Crippen LogP contribution in [0.25, 0.3) is 0 Å². The van der Waals surface area contributed by atoms with E-state index >= 15 is 0 Å². The fraction of sp³-hybridized carbons (Fsp3) is 0.704. The zero-order valence-electron chi connectivity index (χ0n) is 23.5. The number of ether oxygens (including phenoxy) is 6. The monoisotopic (exact) mass is 538 g/mol. The smallest absolute Gasteiger partial charge is 0.331 e. The Hall–Kier alpha value is -2.92. The molecule has 0 aliphatic carbocycles. The third kappa shape index (κ3) is 9.75. The molecule has 1 aromatic heterocycles. The van der Waals surface area contributed by atoms with Gasteiger partial charge >= 0.3 is 11.9 Å². The Labute approximate surface area is 224 Å². The van der Waals surface area contributed by atoms with Gasteiger partial charge in [0.1, 0.15) is 6.10 Å². The van der Waals surface area contributed by atoms with Gasteiger partial charge in [-0.25, -0.2) is 9.78 Å². The second-order valence-electron chi connectivity index (χ2n) is 10.2. The molecule has 0 unspecified atom stereocenters. The lowest BCUT2D eigenvalue weighted by Crippen LogP contribution is -2.46. The molecular formula is C27H42N2O9. The van der Waals surface area contributed by atoms with Gasteiger partial charge < -0.3 is 33.7 Å². The summed E-state index contributed by atoms with van der Waals surface area (Å²) in [5.74, 6) is -0.882. The second-order valence-corrected chi connectivity index (χ2v) is 10.2. The molecule has 4 atom stereocenters. The van der Waals surface area contributed by atoms with Crippen LogP contribution in [0.5, 0.6) is 11.5 Å². The first-order valence-electron chi connectivity index (χ1n) is 13.0. The summed E-state index contributed by atoms with van der Waals surface area (Å²) >= 11 is 0. The van der Waals surface area contributed by atoms with Crippen molar-refractivity contribution in [2.45, 2.75) is 72.6 Å². The second kappa shape index (κ2) is 15.5. The highest BCUT2D eigenvalue weighted by atomic mass is 16.7. The average molecular weight is 539 g/mol. The number of pyridine rings is 1. The van der Waals surface area contributed by atoms with Crippen LogP contribution in [0.1, 0.15) is 64.9 Å². The summed E-state index contributed by atoms with van der Waals surface area (Å²) in [6.45, 7) is 11.8. The van der Waals surface area contributed by atoms with Crippen molar-refractivity contribution in [3.05, 3.63) is 18.0 Å². The van der Waals surface area contributed by atoms with Crippen LogP contribution in [0.3, 0.4) is 0 Å². The first-order chi connectivity index (χ1) is 18.0. The van der Waals surface area contributed by atoms with Crippen molar-refractivity contribution >= 4 is 17.8 Å². The molecule has 1 amide bonds. The summed E-state index contributed by atoms with van der Waals surface area (Å²) < 4.78 is 33.4. The molecule has 11 heteroatoms. The number of esters is 2. The highest BCUT2D eigenvalue weighted by Crippen LogP contribution is 2.30. The molecule has 1 N–H and O–H groups in total. The number of carbonyl (C=O) groups excluding carboxylic acids is 3. The van der Waals surface area contributed by atoms with E-state index in [-0.39, 0.29) is 35.8 Å². The molecule has 0 saturated carbocycles. The number of nitrogens with zero attached hydrogens (tertiary/aromatic N) is 1. The summed E-state index contributed by atoms with van der Waals surface area (Å²) in [6.07, 6.45) is 2.32. The molecule has 0 aromatic carbocycles. The number of hydrogen-bond donors (Lipinski definition) is 1. The van der Waals surface area contributed by atoms with Gasteiger partial charge in [0.2, 0.25) is 6.79 Å². The van der Waals surface area contributed by atoms with E-state index in [0.717, 1.165) is 12.8 Å². The van der Waals surface area contributed by atoms with Gasteiger partial charge in [-0.3, -0.25) is 9.59 Å². The highest BCUT2D eigenvalue weighted by Gasteiger charge is 2.36. The van der Waals surface area contributed by atoms with Gasteiger partial charge in [-0.1, -0.05) is 34.1 Å². The number of cyclic esters (lactones) is 1. The van der Waals surface area contributed by atoms with Gasteiger partial charge in [-0.05, 0) is 25.2 Å². The average Bonchev–Trinajstić information content (AvgIpc) is 2.89. The zero-order valence-corrected chi connectivity index (χ0v) is 23.5. The van der Waals surface area contributed by atoms with Crippen LogP contribution in [0.15, 0.2) is 12.3 Å². The van der Waals surface area contributed by atoms with Gasteiger partial charge in [0, 0.05) is 31.7 Å². The molecule has 38 heavy (non-hydrogen) atoms. The molecule has 1 aliphatic heterocycles. The van der Waals surface area contributed by atoms with E-state index < -0.39 is 36.8 Å². The maximum Gasteiger partial charge on any atom is 0.331 e.